The first-order valence-electron chi connectivity index (χ1n) is 11.8. The third-order valence-electron chi connectivity index (χ3n) is 6.26. The molecule has 1 fully saturated rings. The lowest BCUT2D eigenvalue weighted by molar-refractivity contribution is -0.136. The molecule has 3 aromatic rings. The molecule has 1 atom stereocenters. The number of hydrogen-bond acceptors (Lipinski definition) is 5. The lowest BCUT2D eigenvalue weighted by Gasteiger charge is -2.13. The van der Waals surface area contributed by atoms with E-state index >= 15 is 0 Å². The zero-order valence-electron chi connectivity index (χ0n) is 20.0. The van der Waals surface area contributed by atoms with Crippen LogP contribution in [0.15, 0.2) is 65.6 Å². The van der Waals surface area contributed by atoms with Crippen LogP contribution in [-0.2, 0) is 27.3 Å². The molecule has 1 heterocycles. The number of Topliss-reactive ketones (excluding diaryl/α,β-unsaturated/α-hetero) is 1. The number of aliphatic hydroxyl groups excluding tert-OH is 1. The summed E-state index contributed by atoms with van der Waals surface area (Å²) < 4.78 is 43.9. The standard InChI is InChI=1S/C28H23F3N2O5/c29-20-6-2-1-5-17(20)15-33-14-16(11-18-21(30)7-3-8-22(18)31)12-19(28(33)38)25(35)13-26(36)27(37)32-23-9-4-10-24(23)34/h1-3,5-8,12-14,23,35H,4,9-11,15H2,(H,32,37)/b25-13-. The number of nitrogens with one attached hydrogen (secondary N) is 1. The predicted octanol–water partition coefficient (Wildman–Crippen LogP) is 3.61. The third kappa shape index (κ3) is 5.91. The van der Waals surface area contributed by atoms with E-state index < -0.39 is 52.1 Å². The second-order valence-electron chi connectivity index (χ2n) is 8.94. The highest BCUT2D eigenvalue weighted by Crippen LogP contribution is 2.20. The average molecular weight is 524 g/mol. The summed E-state index contributed by atoms with van der Waals surface area (Å²) >= 11 is 0. The summed E-state index contributed by atoms with van der Waals surface area (Å²) in [6.45, 7) is -0.280. The second kappa shape index (κ2) is 11.3. The van der Waals surface area contributed by atoms with E-state index in [1.54, 1.807) is 6.07 Å². The van der Waals surface area contributed by atoms with Crippen LogP contribution in [0.4, 0.5) is 13.2 Å². The predicted molar refractivity (Wildman–Crippen MR) is 132 cm³/mol. The second-order valence-corrected chi connectivity index (χ2v) is 8.94. The first-order chi connectivity index (χ1) is 18.1. The van der Waals surface area contributed by atoms with Crippen molar-refractivity contribution in [1.82, 2.24) is 9.88 Å². The molecule has 1 aliphatic carbocycles. The number of carbonyl (C=O) groups is 3. The van der Waals surface area contributed by atoms with Gasteiger partial charge in [0.15, 0.2) is 5.78 Å². The van der Waals surface area contributed by atoms with Gasteiger partial charge < -0.3 is 15.0 Å². The van der Waals surface area contributed by atoms with E-state index in [2.05, 4.69) is 5.32 Å². The Morgan fingerprint density at radius 2 is 1.71 bits per heavy atom. The Hall–Kier alpha value is -4.47. The molecule has 2 N–H and O–H groups in total. The van der Waals surface area contributed by atoms with Crippen LogP contribution in [0.1, 0.15) is 41.5 Å². The van der Waals surface area contributed by atoms with E-state index in [1.165, 1.54) is 30.5 Å². The fourth-order valence-electron chi connectivity index (χ4n) is 4.28. The fourth-order valence-corrected chi connectivity index (χ4v) is 4.28. The SMILES string of the molecule is O=C(/C=C(\O)c1cc(Cc2c(F)cccc2F)cn(Cc2ccccc2F)c1=O)C(=O)NC1CCCC1=O. The Bertz CT molecular complexity index is 1490. The molecular formula is C28H23F3N2O5. The maximum absolute atomic E-state index is 14.3. The summed E-state index contributed by atoms with van der Waals surface area (Å²) in [5.74, 6) is -5.66. The number of hydrogen-bond donors (Lipinski definition) is 2. The van der Waals surface area contributed by atoms with E-state index in [0.717, 1.165) is 22.8 Å². The monoisotopic (exact) mass is 524 g/mol. The zero-order chi connectivity index (χ0) is 27.4. The number of amides is 1. The Morgan fingerprint density at radius 3 is 2.37 bits per heavy atom. The van der Waals surface area contributed by atoms with Gasteiger partial charge >= 0.3 is 0 Å². The maximum Gasteiger partial charge on any atom is 0.292 e. The van der Waals surface area contributed by atoms with Crippen molar-refractivity contribution in [3.63, 3.8) is 0 Å². The molecule has 0 saturated heterocycles. The van der Waals surface area contributed by atoms with Crippen molar-refractivity contribution < 1.29 is 32.7 Å². The van der Waals surface area contributed by atoms with Crippen molar-refractivity contribution in [2.45, 2.75) is 38.3 Å². The Balaban J connectivity index is 1.71. The van der Waals surface area contributed by atoms with Gasteiger partial charge in [-0.05, 0) is 42.7 Å². The topological polar surface area (TPSA) is 105 Å². The number of aromatic nitrogens is 1. The van der Waals surface area contributed by atoms with E-state index in [1.807, 2.05) is 0 Å². The largest absolute Gasteiger partial charge is 0.507 e. The van der Waals surface area contributed by atoms with Crippen LogP contribution in [0.3, 0.4) is 0 Å². The molecular weight excluding hydrogens is 501 g/mol. The van der Waals surface area contributed by atoms with Crippen molar-refractivity contribution in [2.24, 2.45) is 0 Å². The molecule has 0 radical (unpaired) electrons. The first kappa shape index (κ1) is 26.6. The summed E-state index contributed by atoms with van der Waals surface area (Å²) in [7, 11) is 0. The minimum Gasteiger partial charge on any atom is -0.507 e. The number of pyridine rings is 1. The zero-order valence-corrected chi connectivity index (χ0v) is 20.0. The minimum atomic E-state index is -1.20. The summed E-state index contributed by atoms with van der Waals surface area (Å²) in [5.41, 5.74) is -1.26. The highest BCUT2D eigenvalue weighted by atomic mass is 19.1. The van der Waals surface area contributed by atoms with Crippen molar-refractivity contribution in [2.75, 3.05) is 0 Å². The van der Waals surface area contributed by atoms with Crippen molar-refractivity contribution >= 4 is 23.2 Å². The van der Waals surface area contributed by atoms with Crippen LogP contribution >= 0.6 is 0 Å². The van der Waals surface area contributed by atoms with E-state index in [0.29, 0.717) is 18.9 Å². The third-order valence-corrected chi connectivity index (χ3v) is 6.26. The smallest absolute Gasteiger partial charge is 0.292 e. The van der Waals surface area contributed by atoms with E-state index in [4.69, 9.17) is 0 Å². The fraction of sp³-hybridized carbons (Fsp3) is 0.214. The van der Waals surface area contributed by atoms with Gasteiger partial charge in [-0.3, -0.25) is 19.2 Å². The van der Waals surface area contributed by atoms with Gasteiger partial charge in [-0.2, -0.15) is 0 Å². The van der Waals surface area contributed by atoms with Crippen LogP contribution < -0.4 is 10.9 Å². The highest BCUT2D eigenvalue weighted by molar-refractivity contribution is 6.42. The molecule has 1 amide bonds. The number of rotatable bonds is 8. The number of aliphatic hydroxyl groups is 1. The molecule has 1 aliphatic rings. The molecule has 196 valence electrons. The molecule has 38 heavy (non-hydrogen) atoms. The quantitative estimate of drug-likeness (QED) is 0.266. The number of ketones is 2. The molecule has 0 bridgehead atoms. The number of carbonyl (C=O) groups excluding carboxylic acids is 3. The van der Waals surface area contributed by atoms with Crippen LogP contribution in [0.25, 0.3) is 5.76 Å². The van der Waals surface area contributed by atoms with E-state index in [-0.39, 0.29) is 41.9 Å². The Labute approximate surface area is 215 Å². The van der Waals surface area contributed by atoms with Crippen LogP contribution in [0.5, 0.6) is 0 Å². The molecule has 2 aromatic carbocycles. The Morgan fingerprint density at radius 1 is 1.03 bits per heavy atom. The first-order valence-corrected chi connectivity index (χ1v) is 11.8. The molecule has 1 aromatic heterocycles. The maximum atomic E-state index is 14.3. The molecule has 1 saturated carbocycles. The van der Waals surface area contributed by atoms with Crippen LogP contribution in [0.2, 0.25) is 0 Å². The van der Waals surface area contributed by atoms with Crippen LogP contribution in [0, 0.1) is 17.5 Å². The molecule has 1 unspecified atom stereocenters. The van der Waals surface area contributed by atoms with Gasteiger partial charge in [0.2, 0.25) is 5.78 Å². The van der Waals surface area contributed by atoms with Gasteiger partial charge in [-0.15, -0.1) is 0 Å². The number of benzene rings is 2. The molecule has 10 heteroatoms. The van der Waals surface area contributed by atoms with Crippen molar-refractivity contribution in [3.8, 4) is 0 Å². The summed E-state index contributed by atoms with van der Waals surface area (Å²) in [5, 5.41) is 12.9. The number of halogens is 3. The van der Waals surface area contributed by atoms with Gasteiger partial charge in [-0.1, -0.05) is 24.3 Å². The lowest BCUT2D eigenvalue weighted by atomic mass is 10.0. The van der Waals surface area contributed by atoms with Gasteiger partial charge in [0.1, 0.15) is 23.2 Å². The van der Waals surface area contributed by atoms with Gasteiger partial charge in [0, 0.05) is 36.2 Å². The van der Waals surface area contributed by atoms with Gasteiger partial charge in [0.05, 0.1) is 18.2 Å². The van der Waals surface area contributed by atoms with Crippen molar-refractivity contribution in [1.29, 1.82) is 0 Å². The highest BCUT2D eigenvalue weighted by Gasteiger charge is 2.28. The van der Waals surface area contributed by atoms with Gasteiger partial charge in [-0.25, -0.2) is 13.2 Å². The lowest BCUT2D eigenvalue weighted by Crippen LogP contribution is -2.41. The average Bonchev–Trinajstić information content (AvgIpc) is 3.28. The Kier molecular flexibility index (Phi) is 7.90. The normalized spacial score (nSPS) is 15.5. The molecule has 4 rings (SSSR count). The minimum absolute atomic E-state index is 0.134. The molecule has 0 spiro atoms. The summed E-state index contributed by atoms with van der Waals surface area (Å²) in [6.07, 6.45) is 2.74. The molecule has 0 aliphatic heterocycles. The molecule has 7 nitrogen and oxygen atoms in total. The summed E-state index contributed by atoms with van der Waals surface area (Å²) in [4.78, 5) is 49.6. The van der Waals surface area contributed by atoms with Gasteiger partial charge in [0.25, 0.3) is 11.5 Å². The summed E-state index contributed by atoms with van der Waals surface area (Å²) in [6, 6.07) is 9.35. The van der Waals surface area contributed by atoms with E-state index in [9.17, 15) is 37.5 Å². The van der Waals surface area contributed by atoms with Crippen molar-refractivity contribution in [3.05, 3.63) is 111 Å². The van der Waals surface area contributed by atoms with Crippen LogP contribution in [-0.4, -0.2) is 33.2 Å². The number of nitrogens with zero attached hydrogens (tertiary/aromatic N) is 1.